The fraction of sp³-hybridized carbons (Fsp3) is 0.0189. The lowest BCUT2D eigenvalue weighted by atomic mass is 9.66. The number of nitriles is 1. The average Bonchev–Trinajstić information content (AvgIpc) is 3.59. The van der Waals surface area contributed by atoms with E-state index < -0.39 is 5.41 Å². The largest absolute Gasteiger partial charge is 0.457 e. The Morgan fingerprint density at radius 3 is 1.55 bits per heavy atom. The summed E-state index contributed by atoms with van der Waals surface area (Å²) >= 11 is 0. The van der Waals surface area contributed by atoms with Crippen LogP contribution in [0.2, 0.25) is 0 Å². The highest BCUT2D eigenvalue weighted by molar-refractivity contribution is 5.98. The number of hydrogen-bond acceptors (Lipinski definition) is 5. The highest BCUT2D eigenvalue weighted by atomic mass is 16.5. The van der Waals surface area contributed by atoms with E-state index in [0.717, 1.165) is 72.7 Å². The molecule has 270 valence electrons. The predicted molar refractivity (Wildman–Crippen MR) is 229 cm³/mol. The van der Waals surface area contributed by atoms with Crippen molar-refractivity contribution in [2.45, 2.75) is 5.41 Å². The van der Waals surface area contributed by atoms with Crippen molar-refractivity contribution in [1.29, 1.82) is 5.26 Å². The zero-order chi connectivity index (χ0) is 38.6. The maximum absolute atomic E-state index is 9.68. The van der Waals surface area contributed by atoms with Gasteiger partial charge in [-0.15, -0.1) is 0 Å². The molecule has 0 saturated heterocycles. The molecule has 0 N–H and O–H groups in total. The van der Waals surface area contributed by atoms with Gasteiger partial charge in [-0.25, -0.2) is 15.0 Å². The molecule has 1 aliphatic heterocycles. The zero-order valence-electron chi connectivity index (χ0n) is 31.2. The Hall–Kier alpha value is -7.94. The molecule has 8 aromatic carbocycles. The van der Waals surface area contributed by atoms with E-state index >= 15 is 0 Å². The lowest BCUT2D eigenvalue weighted by Gasteiger charge is -2.39. The second kappa shape index (κ2) is 13.4. The number of hydrogen-bond donors (Lipinski definition) is 0. The summed E-state index contributed by atoms with van der Waals surface area (Å²) < 4.78 is 6.65. The Bertz CT molecular complexity index is 3010. The minimum Gasteiger partial charge on any atom is -0.457 e. The van der Waals surface area contributed by atoms with Crippen LogP contribution in [0.4, 0.5) is 0 Å². The van der Waals surface area contributed by atoms with Gasteiger partial charge >= 0.3 is 0 Å². The van der Waals surface area contributed by atoms with Gasteiger partial charge in [0.15, 0.2) is 17.5 Å². The molecule has 0 amide bonds. The van der Waals surface area contributed by atoms with Gasteiger partial charge in [0.05, 0.1) is 17.0 Å². The third-order valence-electron chi connectivity index (χ3n) is 11.4. The number of nitrogens with zero attached hydrogens (tertiary/aromatic N) is 4. The van der Waals surface area contributed by atoms with E-state index in [2.05, 4.69) is 109 Å². The summed E-state index contributed by atoms with van der Waals surface area (Å²) in [5.74, 6) is 3.51. The highest BCUT2D eigenvalue weighted by Crippen LogP contribution is 2.63. The molecular weight excluding hydrogens is 709 g/mol. The quantitative estimate of drug-likeness (QED) is 0.176. The van der Waals surface area contributed by atoms with Gasteiger partial charge < -0.3 is 4.74 Å². The Morgan fingerprint density at radius 2 is 0.897 bits per heavy atom. The summed E-state index contributed by atoms with van der Waals surface area (Å²) in [5.41, 5.74) is 13.7. The van der Waals surface area contributed by atoms with Crippen molar-refractivity contribution >= 4 is 0 Å². The third-order valence-corrected chi connectivity index (χ3v) is 11.4. The number of rotatable bonds is 5. The average molecular weight is 741 g/mol. The first-order chi connectivity index (χ1) is 28.7. The van der Waals surface area contributed by atoms with Crippen LogP contribution in [0.1, 0.15) is 27.8 Å². The van der Waals surface area contributed by atoms with E-state index in [0.29, 0.717) is 23.0 Å². The molecule has 9 aromatic rings. The second-order valence-electron chi connectivity index (χ2n) is 14.6. The molecule has 2 aliphatic rings. The molecule has 1 aromatic heterocycles. The van der Waals surface area contributed by atoms with Crippen LogP contribution in [0.5, 0.6) is 11.5 Å². The molecule has 1 aliphatic carbocycles. The molecule has 5 nitrogen and oxygen atoms in total. The van der Waals surface area contributed by atoms with Gasteiger partial charge in [-0.05, 0) is 80.9 Å². The normalized spacial score (nSPS) is 12.7. The van der Waals surface area contributed by atoms with Crippen molar-refractivity contribution < 1.29 is 4.74 Å². The molecule has 0 unspecified atom stereocenters. The van der Waals surface area contributed by atoms with E-state index in [-0.39, 0.29) is 0 Å². The first-order valence-electron chi connectivity index (χ1n) is 19.3. The lowest BCUT2D eigenvalue weighted by molar-refractivity contribution is 0.436. The Kier molecular flexibility index (Phi) is 7.70. The Morgan fingerprint density at radius 1 is 0.379 bits per heavy atom. The lowest BCUT2D eigenvalue weighted by Crippen LogP contribution is -2.32. The molecule has 0 saturated carbocycles. The molecule has 58 heavy (non-hydrogen) atoms. The van der Waals surface area contributed by atoms with Crippen molar-refractivity contribution in [3.8, 4) is 85.1 Å². The van der Waals surface area contributed by atoms with Gasteiger partial charge in [0.25, 0.3) is 0 Å². The topological polar surface area (TPSA) is 71.7 Å². The summed E-state index contributed by atoms with van der Waals surface area (Å²) in [4.78, 5) is 15.2. The minimum absolute atomic E-state index is 0.600. The summed E-state index contributed by atoms with van der Waals surface area (Å²) in [7, 11) is 0. The van der Waals surface area contributed by atoms with Crippen LogP contribution in [-0.2, 0) is 5.41 Å². The van der Waals surface area contributed by atoms with Crippen molar-refractivity contribution in [3.63, 3.8) is 0 Å². The molecule has 1 spiro atoms. The SMILES string of the molecule is N#Cc1cccc(-c2cccc(-c3cccc4c3-c3cc(-c5nc(-c6ccccc6)nc(-c6ccccc6)n5)ccc3C43c4ccccc4Oc4ccccc43)c2)c1. The maximum Gasteiger partial charge on any atom is 0.164 e. The smallest absolute Gasteiger partial charge is 0.164 e. The van der Waals surface area contributed by atoms with E-state index in [1.165, 1.54) is 11.1 Å². The van der Waals surface area contributed by atoms with Crippen LogP contribution in [0.25, 0.3) is 67.5 Å². The molecular formula is C53H32N4O. The van der Waals surface area contributed by atoms with Gasteiger partial charge in [0.1, 0.15) is 11.5 Å². The molecule has 0 radical (unpaired) electrons. The van der Waals surface area contributed by atoms with Crippen LogP contribution in [0.15, 0.2) is 194 Å². The zero-order valence-corrected chi connectivity index (χ0v) is 31.2. The van der Waals surface area contributed by atoms with Gasteiger partial charge in [-0.1, -0.05) is 158 Å². The standard InChI is InChI=1S/C53H32N4O/c54-33-34-14-11-19-37(30-34)38-20-12-21-39(31-38)41-22-13-25-46-49(41)42-32-40(52-56-50(35-15-3-1-4-16-35)55-51(57-52)36-17-5-2-6-18-36)28-29-43(42)53(46)44-23-7-9-26-47(44)58-48-27-10-8-24-45(48)53/h1-32H. The summed E-state index contributed by atoms with van der Waals surface area (Å²) in [6.07, 6.45) is 0. The number of ether oxygens (including phenoxy) is 1. The van der Waals surface area contributed by atoms with Gasteiger partial charge in [-0.3, -0.25) is 0 Å². The minimum atomic E-state index is -0.660. The van der Waals surface area contributed by atoms with Gasteiger partial charge in [-0.2, -0.15) is 5.26 Å². The van der Waals surface area contributed by atoms with E-state index in [9.17, 15) is 5.26 Å². The molecule has 5 heteroatoms. The van der Waals surface area contributed by atoms with Crippen LogP contribution >= 0.6 is 0 Å². The molecule has 0 bridgehead atoms. The van der Waals surface area contributed by atoms with Crippen LogP contribution in [0.3, 0.4) is 0 Å². The maximum atomic E-state index is 9.68. The number of benzene rings is 8. The van der Waals surface area contributed by atoms with Crippen molar-refractivity contribution in [3.05, 3.63) is 222 Å². The Balaban J connectivity index is 1.19. The fourth-order valence-electron chi connectivity index (χ4n) is 8.90. The monoisotopic (exact) mass is 740 g/mol. The van der Waals surface area contributed by atoms with E-state index in [1.807, 2.05) is 91.0 Å². The predicted octanol–water partition coefficient (Wildman–Crippen LogP) is 12.5. The van der Waals surface area contributed by atoms with E-state index in [4.69, 9.17) is 19.7 Å². The second-order valence-corrected chi connectivity index (χ2v) is 14.6. The summed E-state index contributed by atoms with van der Waals surface area (Å²) in [5, 5.41) is 9.68. The van der Waals surface area contributed by atoms with Crippen molar-refractivity contribution in [2.24, 2.45) is 0 Å². The van der Waals surface area contributed by atoms with Crippen molar-refractivity contribution in [2.75, 3.05) is 0 Å². The molecule has 11 rings (SSSR count). The van der Waals surface area contributed by atoms with E-state index in [1.54, 1.807) is 0 Å². The Labute approximate surface area is 336 Å². The van der Waals surface area contributed by atoms with Crippen LogP contribution in [0, 0.1) is 11.3 Å². The summed E-state index contributed by atoms with van der Waals surface area (Å²) in [6.45, 7) is 0. The first-order valence-corrected chi connectivity index (χ1v) is 19.3. The number of fused-ring (bicyclic) bond motifs is 9. The van der Waals surface area contributed by atoms with Gasteiger partial charge in [0, 0.05) is 27.8 Å². The third kappa shape index (κ3) is 5.20. The molecule has 0 fully saturated rings. The number of aromatic nitrogens is 3. The highest BCUT2D eigenvalue weighted by Gasteiger charge is 2.51. The summed E-state index contributed by atoms with van der Waals surface area (Å²) in [6, 6.07) is 69.1. The van der Waals surface area contributed by atoms with Crippen LogP contribution in [-0.4, -0.2) is 15.0 Å². The van der Waals surface area contributed by atoms with Crippen LogP contribution < -0.4 is 4.74 Å². The number of para-hydroxylation sites is 2. The first kappa shape index (κ1) is 33.4. The fourth-order valence-corrected chi connectivity index (χ4v) is 8.90. The van der Waals surface area contributed by atoms with Gasteiger partial charge in [0.2, 0.25) is 0 Å². The molecule has 0 atom stereocenters. The van der Waals surface area contributed by atoms with Crippen molar-refractivity contribution in [1.82, 2.24) is 15.0 Å². The molecule has 2 heterocycles.